The lowest BCUT2D eigenvalue weighted by Crippen LogP contribution is -2.36. The van der Waals surface area contributed by atoms with Gasteiger partial charge in [-0.2, -0.15) is 4.31 Å². The smallest absolute Gasteiger partial charge is 0.318 e. The largest absolute Gasteiger partial charge is 0.480 e. The molecular formula is C15H21NO4S. The highest BCUT2D eigenvalue weighted by atomic mass is 32.2. The van der Waals surface area contributed by atoms with E-state index in [4.69, 9.17) is 5.11 Å². The number of carboxylic acid groups (broad SMARTS) is 1. The molecule has 1 aromatic carbocycles. The molecule has 0 radical (unpaired) electrons. The molecule has 0 heterocycles. The maximum Gasteiger partial charge on any atom is 0.318 e. The van der Waals surface area contributed by atoms with E-state index in [2.05, 4.69) is 6.58 Å². The van der Waals surface area contributed by atoms with Crippen molar-refractivity contribution in [3.8, 4) is 0 Å². The number of nitrogens with zero attached hydrogens (tertiary/aromatic N) is 1. The van der Waals surface area contributed by atoms with Gasteiger partial charge >= 0.3 is 5.97 Å². The Morgan fingerprint density at radius 2 is 1.71 bits per heavy atom. The van der Waals surface area contributed by atoms with Crippen molar-refractivity contribution in [2.75, 3.05) is 13.1 Å². The number of sulfonamides is 1. The quantitative estimate of drug-likeness (QED) is 0.817. The van der Waals surface area contributed by atoms with E-state index in [0.717, 1.165) is 15.4 Å². The molecule has 6 heteroatoms. The molecule has 0 saturated heterocycles. The van der Waals surface area contributed by atoms with Crippen molar-refractivity contribution in [3.05, 3.63) is 41.0 Å². The molecule has 0 aliphatic carbocycles. The second-order valence-corrected chi connectivity index (χ2v) is 6.94. The van der Waals surface area contributed by atoms with Gasteiger partial charge in [0, 0.05) is 6.54 Å². The Hall–Kier alpha value is -1.66. The minimum Gasteiger partial charge on any atom is -0.480 e. The van der Waals surface area contributed by atoms with Gasteiger partial charge in [0.25, 0.3) is 0 Å². The number of carbonyl (C=O) groups is 1. The summed E-state index contributed by atoms with van der Waals surface area (Å²) in [5.74, 6) is -1.19. The van der Waals surface area contributed by atoms with Crippen molar-refractivity contribution < 1.29 is 18.3 Å². The lowest BCUT2D eigenvalue weighted by atomic mass is 10.0. The first-order chi connectivity index (χ1) is 9.62. The van der Waals surface area contributed by atoms with E-state index in [1.165, 1.54) is 6.08 Å². The van der Waals surface area contributed by atoms with Crippen LogP contribution >= 0.6 is 0 Å². The van der Waals surface area contributed by atoms with Crippen LogP contribution in [0.5, 0.6) is 0 Å². The van der Waals surface area contributed by atoms with Gasteiger partial charge in [-0.05, 0) is 49.9 Å². The van der Waals surface area contributed by atoms with E-state index < -0.39 is 22.5 Å². The summed E-state index contributed by atoms with van der Waals surface area (Å²) in [5, 5.41) is 8.93. The zero-order valence-electron chi connectivity index (χ0n) is 12.8. The van der Waals surface area contributed by atoms with Crippen LogP contribution in [0.25, 0.3) is 0 Å². The summed E-state index contributed by atoms with van der Waals surface area (Å²) < 4.78 is 26.6. The fraction of sp³-hybridized carbons (Fsp3) is 0.400. The predicted molar refractivity (Wildman–Crippen MR) is 82.0 cm³/mol. The van der Waals surface area contributed by atoms with Crippen molar-refractivity contribution in [2.24, 2.45) is 0 Å². The van der Waals surface area contributed by atoms with E-state index in [0.29, 0.717) is 11.1 Å². The molecule has 0 spiro atoms. The van der Waals surface area contributed by atoms with E-state index in [-0.39, 0.29) is 11.4 Å². The second kappa shape index (κ2) is 6.41. The molecule has 0 unspecified atom stereocenters. The zero-order valence-corrected chi connectivity index (χ0v) is 13.6. The number of carboxylic acids is 1. The minimum absolute atomic E-state index is 0.0412. The van der Waals surface area contributed by atoms with Crippen LogP contribution in [0, 0.1) is 27.7 Å². The topological polar surface area (TPSA) is 74.7 Å². The molecule has 1 rings (SSSR count). The summed E-state index contributed by atoms with van der Waals surface area (Å²) in [6.45, 7) is 10.0. The fourth-order valence-electron chi connectivity index (χ4n) is 2.24. The average Bonchev–Trinajstić information content (AvgIpc) is 2.35. The van der Waals surface area contributed by atoms with Gasteiger partial charge in [-0.15, -0.1) is 6.58 Å². The van der Waals surface area contributed by atoms with Gasteiger partial charge in [-0.25, -0.2) is 8.42 Å². The van der Waals surface area contributed by atoms with E-state index in [1.807, 2.05) is 19.9 Å². The molecule has 0 atom stereocenters. The number of aliphatic carboxylic acids is 1. The van der Waals surface area contributed by atoms with Crippen molar-refractivity contribution >= 4 is 16.0 Å². The molecular weight excluding hydrogens is 290 g/mol. The number of hydrogen-bond acceptors (Lipinski definition) is 3. The van der Waals surface area contributed by atoms with Crippen molar-refractivity contribution in [3.63, 3.8) is 0 Å². The fourth-order valence-corrected chi connectivity index (χ4v) is 4.18. The Bertz CT molecular complexity index is 651. The molecule has 0 bridgehead atoms. The van der Waals surface area contributed by atoms with E-state index in [9.17, 15) is 13.2 Å². The molecule has 0 fully saturated rings. The number of benzene rings is 1. The monoisotopic (exact) mass is 311 g/mol. The summed E-state index contributed by atoms with van der Waals surface area (Å²) in [7, 11) is -3.88. The summed E-state index contributed by atoms with van der Waals surface area (Å²) in [4.78, 5) is 11.1. The van der Waals surface area contributed by atoms with Crippen molar-refractivity contribution in [1.82, 2.24) is 4.31 Å². The first kappa shape index (κ1) is 17.4. The highest BCUT2D eigenvalue weighted by Gasteiger charge is 2.29. The lowest BCUT2D eigenvalue weighted by Gasteiger charge is -2.23. The van der Waals surface area contributed by atoms with Gasteiger partial charge in [0.2, 0.25) is 10.0 Å². The first-order valence-electron chi connectivity index (χ1n) is 6.53. The van der Waals surface area contributed by atoms with Crippen molar-refractivity contribution in [2.45, 2.75) is 32.6 Å². The van der Waals surface area contributed by atoms with Crippen LogP contribution in [0.1, 0.15) is 22.3 Å². The van der Waals surface area contributed by atoms with Gasteiger partial charge in [0.15, 0.2) is 0 Å². The standard InChI is InChI=1S/C15H21NO4S/c1-6-7-16(9-14(17)18)21(19,20)15-12(4)10(2)8-11(3)13(15)5/h6,8H,1,7,9H2,2-5H3,(H,17,18). The molecule has 0 aromatic heterocycles. The van der Waals surface area contributed by atoms with Crippen LogP contribution in [0.2, 0.25) is 0 Å². The summed E-state index contributed by atoms with van der Waals surface area (Å²) in [6.07, 6.45) is 1.38. The third-order valence-electron chi connectivity index (χ3n) is 3.54. The first-order valence-corrected chi connectivity index (χ1v) is 7.97. The van der Waals surface area contributed by atoms with E-state index in [1.54, 1.807) is 13.8 Å². The molecule has 1 aromatic rings. The number of aryl methyl sites for hydroxylation is 2. The third-order valence-corrected chi connectivity index (χ3v) is 5.63. The van der Waals surface area contributed by atoms with Crippen LogP contribution in [0.3, 0.4) is 0 Å². The minimum atomic E-state index is -3.88. The molecule has 116 valence electrons. The average molecular weight is 311 g/mol. The maximum absolute atomic E-state index is 12.8. The Morgan fingerprint density at radius 3 is 2.10 bits per heavy atom. The van der Waals surface area contributed by atoms with Gasteiger partial charge in [-0.1, -0.05) is 12.1 Å². The van der Waals surface area contributed by atoms with Gasteiger partial charge in [0.1, 0.15) is 6.54 Å². The molecule has 1 N–H and O–H groups in total. The Balaban J connectivity index is 3.55. The molecule has 0 aliphatic rings. The predicted octanol–water partition coefficient (Wildman–Crippen LogP) is 2.18. The lowest BCUT2D eigenvalue weighted by molar-refractivity contribution is -0.137. The molecule has 0 saturated carbocycles. The Morgan fingerprint density at radius 1 is 1.24 bits per heavy atom. The Labute approximate surface area is 126 Å². The third kappa shape index (κ3) is 3.51. The van der Waals surface area contributed by atoms with Gasteiger partial charge in [-0.3, -0.25) is 4.79 Å². The van der Waals surface area contributed by atoms with Gasteiger partial charge in [0.05, 0.1) is 4.90 Å². The summed E-state index contributed by atoms with van der Waals surface area (Å²) in [5.41, 5.74) is 3.03. The van der Waals surface area contributed by atoms with Crippen molar-refractivity contribution in [1.29, 1.82) is 0 Å². The van der Waals surface area contributed by atoms with E-state index >= 15 is 0 Å². The van der Waals surface area contributed by atoms with Crippen LogP contribution in [-0.4, -0.2) is 36.9 Å². The highest BCUT2D eigenvalue weighted by molar-refractivity contribution is 7.89. The van der Waals surface area contributed by atoms with Crippen LogP contribution in [0.4, 0.5) is 0 Å². The molecule has 21 heavy (non-hydrogen) atoms. The van der Waals surface area contributed by atoms with Gasteiger partial charge < -0.3 is 5.11 Å². The number of rotatable bonds is 6. The molecule has 0 amide bonds. The second-order valence-electron chi connectivity index (χ2n) is 5.07. The number of hydrogen-bond donors (Lipinski definition) is 1. The maximum atomic E-state index is 12.8. The molecule has 0 aliphatic heterocycles. The zero-order chi connectivity index (χ0) is 16.4. The highest BCUT2D eigenvalue weighted by Crippen LogP contribution is 2.28. The molecule has 5 nitrogen and oxygen atoms in total. The summed E-state index contributed by atoms with van der Waals surface area (Å²) >= 11 is 0. The Kier molecular flexibility index (Phi) is 5.31. The van der Waals surface area contributed by atoms with Crippen LogP contribution < -0.4 is 0 Å². The normalized spacial score (nSPS) is 11.7. The SMILES string of the molecule is C=CCN(CC(=O)O)S(=O)(=O)c1c(C)c(C)cc(C)c1C. The van der Waals surface area contributed by atoms with Crippen LogP contribution in [0.15, 0.2) is 23.6 Å². The summed E-state index contributed by atoms with van der Waals surface area (Å²) in [6, 6.07) is 1.93. The van der Waals surface area contributed by atoms with Crippen LogP contribution in [-0.2, 0) is 14.8 Å².